The van der Waals surface area contributed by atoms with Gasteiger partial charge in [0, 0.05) is 41.1 Å². The Morgan fingerprint density at radius 3 is 2.86 bits per heavy atom. The van der Waals surface area contributed by atoms with Gasteiger partial charge in [0.05, 0.1) is 11.2 Å². The summed E-state index contributed by atoms with van der Waals surface area (Å²) >= 11 is 4.91. The van der Waals surface area contributed by atoms with Gasteiger partial charge in [-0.2, -0.15) is 4.39 Å². The van der Waals surface area contributed by atoms with E-state index >= 15 is 0 Å². The summed E-state index contributed by atoms with van der Waals surface area (Å²) in [5.74, 6) is -0.522. The Kier molecular flexibility index (Phi) is 5.61. The zero-order valence-electron chi connectivity index (χ0n) is 15.0. The molecular formula is C20H17BrFN5S. The van der Waals surface area contributed by atoms with Gasteiger partial charge in [-0.15, -0.1) is 0 Å². The van der Waals surface area contributed by atoms with Gasteiger partial charge in [0.15, 0.2) is 0 Å². The van der Waals surface area contributed by atoms with Gasteiger partial charge in [-0.25, -0.2) is 4.98 Å². The number of hydrogen-bond donors (Lipinski definition) is 2. The molecule has 0 radical (unpaired) electrons. The molecule has 142 valence electrons. The number of halogens is 2. The molecule has 1 aromatic carbocycles. The quantitative estimate of drug-likeness (QED) is 0.382. The van der Waals surface area contributed by atoms with Crippen LogP contribution in [0.15, 0.2) is 70.6 Å². The Bertz CT molecular complexity index is 1120. The predicted octanol–water partition coefficient (Wildman–Crippen LogP) is 5.35. The SMILES string of the molecule is CNCc1cn(Sc2cccnc2)c2cc(Nc3ccc(F)nc3Br)ccc12. The number of nitrogens with zero attached hydrogens (tertiary/aromatic N) is 3. The van der Waals surface area contributed by atoms with Crippen LogP contribution in [-0.2, 0) is 6.54 Å². The minimum atomic E-state index is -0.522. The molecule has 8 heteroatoms. The topological polar surface area (TPSA) is 54.8 Å². The first-order valence-electron chi connectivity index (χ1n) is 8.60. The molecule has 0 aliphatic carbocycles. The van der Waals surface area contributed by atoms with Crippen LogP contribution in [0.25, 0.3) is 10.9 Å². The summed E-state index contributed by atoms with van der Waals surface area (Å²) in [5, 5.41) is 7.69. The maximum absolute atomic E-state index is 13.2. The zero-order valence-corrected chi connectivity index (χ0v) is 17.4. The molecule has 0 aliphatic rings. The van der Waals surface area contributed by atoms with E-state index in [-0.39, 0.29) is 0 Å². The summed E-state index contributed by atoms with van der Waals surface area (Å²) in [7, 11) is 1.94. The highest BCUT2D eigenvalue weighted by Gasteiger charge is 2.11. The van der Waals surface area contributed by atoms with Crippen LogP contribution in [-0.4, -0.2) is 21.0 Å². The normalized spacial score (nSPS) is 11.1. The smallest absolute Gasteiger partial charge is 0.214 e. The van der Waals surface area contributed by atoms with E-state index in [1.807, 2.05) is 31.4 Å². The summed E-state index contributed by atoms with van der Waals surface area (Å²) in [6, 6.07) is 13.1. The highest BCUT2D eigenvalue weighted by molar-refractivity contribution is 9.10. The van der Waals surface area contributed by atoms with Crippen molar-refractivity contribution in [3.63, 3.8) is 0 Å². The standard InChI is InChI=1S/C20H17BrFN5S/c1-23-10-13-12-27(28-15-3-2-8-24-11-15)18-9-14(4-5-16(13)18)25-17-6-7-19(22)26-20(17)21/h2-9,11-12,23,25H,10H2,1H3. The van der Waals surface area contributed by atoms with Gasteiger partial charge in [0.1, 0.15) is 4.60 Å². The van der Waals surface area contributed by atoms with E-state index in [1.165, 1.54) is 17.0 Å². The first-order valence-corrected chi connectivity index (χ1v) is 10.2. The number of aromatic nitrogens is 3. The molecule has 4 rings (SSSR count). The van der Waals surface area contributed by atoms with Gasteiger partial charge < -0.3 is 10.6 Å². The Morgan fingerprint density at radius 2 is 2.11 bits per heavy atom. The van der Waals surface area contributed by atoms with Crippen molar-refractivity contribution in [1.29, 1.82) is 0 Å². The minimum Gasteiger partial charge on any atom is -0.353 e. The van der Waals surface area contributed by atoms with Gasteiger partial charge in [0.2, 0.25) is 5.95 Å². The Labute approximate surface area is 174 Å². The molecule has 0 atom stereocenters. The number of benzene rings is 1. The van der Waals surface area contributed by atoms with Crippen molar-refractivity contribution in [3.8, 4) is 0 Å². The first-order chi connectivity index (χ1) is 13.6. The summed E-state index contributed by atoms with van der Waals surface area (Å²) in [5.41, 5.74) is 3.89. The number of hydrogen-bond acceptors (Lipinski definition) is 5. The van der Waals surface area contributed by atoms with Crippen LogP contribution in [0.3, 0.4) is 0 Å². The van der Waals surface area contributed by atoms with E-state index < -0.39 is 5.95 Å². The number of pyridine rings is 2. The Hall–Kier alpha value is -2.42. The predicted molar refractivity (Wildman–Crippen MR) is 115 cm³/mol. The van der Waals surface area contributed by atoms with E-state index in [2.05, 4.69) is 58.8 Å². The zero-order chi connectivity index (χ0) is 19.5. The number of rotatable bonds is 6. The maximum atomic E-state index is 13.2. The molecule has 3 heterocycles. The van der Waals surface area contributed by atoms with E-state index in [0.717, 1.165) is 22.6 Å². The van der Waals surface area contributed by atoms with E-state index in [4.69, 9.17) is 0 Å². The molecule has 0 unspecified atom stereocenters. The molecule has 0 saturated heterocycles. The van der Waals surface area contributed by atoms with E-state index in [1.54, 1.807) is 24.2 Å². The molecule has 5 nitrogen and oxygen atoms in total. The molecule has 4 aromatic rings. The first kappa shape index (κ1) is 18.9. The lowest BCUT2D eigenvalue weighted by molar-refractivity contribution is 0.581. The van der Waals surface area contributed by atoms with Crippen molar-refractivity contribution in [3.05, 3.63) is 77.2 Å². The summed E-state index contributed by atoms with van der Waals surface area (Å²) in [4.78, 5) is 9.04. The van der Waals surface area contributed by atoms with Crippen LogP contribution in [0.2, 0.25) is 0 Å². The average molecular weight is 458 g/mol. The van der Waals surface area contributed by atoms with Gasteiger partial charge in [0.25, 0.3) is 0 Å². The lowest BCUT2D eigenvalue weighted by Gasteiger charge is -2.10. The highest BCUT2D eigenvalue weighted by Crippen LogP contribution is 2.32. The van der Waals surface area contributed by atoms with Gasteiger partial charge >= 0.3 is 0 Å². The van der Waals surface area contributed by atoms with Gasteiger partial charge in [-0.05, 0) is 76.9 Å². The molecule has 0 saturated carbocycles. The number of fused-ring (bicyclic) bond motifs is 1. The number of nitrogens with one attached hydrogen (secondary N) is 2. The fraction of sp³-hybridized carbons (Fsp3) is 0.100. The van der Waals surface area contributed by atoms with E-state index in [0.29, 0.717) is 10.3 Å². The summed E-state index contributed by atoms with van der Waals surface area (Å²) in [6.07, 6.45) is 5.75. The minimum absolute atomic E-state index is 0.434. The highest BCUT2D eigenvalue weighted by atomic mass is 79.9. The van der Waals surface area contributed by atoms with Crippen molar-refractivity contribution in [2.45, 2.75) is 11.4 Å². The summed E-state index contributed by atoms with van der Waals surface area (Å²) in [6.45, 7) is 0.775. The van der Waals surface area contributed by atoms with E-state index in [9.17, 15) is 4.39 Å². The van der Waals surface area contributed by atoms with Crippen molar-refractivity contribution < 1.29 is 4.39 Å². The van der Waals surface area contributed by atoms with Crippen LogP contribution in [0.4, 0.5) is 15.8 Å². The lowest BCUT2D eigenvalue weighted by Crippen LogP contribution is -2.04. The molecule has 28 heavy (non-hydrogen) atoms. The summed E-state index contributed by atoms with van der Waals surface area (Å²) < 4.78 is 15.8. The molecule has 2 N–H and O–H groups in total. The molecule has 0 spiro atoms. The maximum Gasteiger partial charge on any atom is 0.214 e. The molecule has 0 bridgehead atoms. The fourth-order valence-corrected chi connectivity index (χ4v) is 4.23. The third kappa shape index (κ3) is 4.04. The fourth-order valence-electron chi connectivity index (χ4n) is 2.93. The van der Waals surface area contributed by atoms with Crippen LogP contribution < -0.4 is 10.6 Å². The van der Waals surface area contributed by atoms with Gasteiger partial charge in [-0.3, -0.25) is 8.96 Å². The van der Waals surface area contributed by atoms with Gasteiger partial charge in [-0.1, -0.05) is 6.07 Å². The second kappa shape index (κ2) is 8.30. The molecule has 3 aromatic heterocycles. The molecule has 0 amide bonds. The number of anilines is 2. The molecule has 0 fully saturated rings. The third-order valence-corrected chi connectivity index (χ3v) is 5.71. The Morgan fingerprint density at radius 1 is 1.21 bits per heavy atom. The van der Waals surface area contributed by atoms with Crippen molar-refractivity contribution in [1.82, 2.24) is 19.3 Å². The Balaban J connectivity index is 1.73. The monoisotopic (exact) mass is 457 g/mol. The third-order valence-electron chi connectivity index (χ3n) is 4.15. The molecule has 0 aliphatic heterocycles. The second-order valence-corrected chi connectivity index (χ2v) is 7.92. The van der Waals surface area contributed by atoms with Crippen LogP contribution in [0.1, 0.15) is 5.56 Å². The van der Waals surface area contributed by atoms with Crippen molar-refractivity contribution >= 4 is 50.2 Å². The van der Waals surface area contributed by atoms with Crippen LogP contribution in [0.5, 0.6) is 0 Å². The lowest BCUT2D eigenvalue weighted by atomic mass is 10.1. The van der Waals surface area contributed by atoms with Crippen LogP contribution >= 0.6 is 27.9 Å². The largest absolute Gasteiger partial charge is 0.353 e. The average Bonchev–Trinajstić information content (AvgIpc) is 3.02. The second-order valence-electron chi connectivity index (χ2n) is 6.12. The van der Waals surface area contributed by atoms with Crippen LogP contribution in [0, 0.1) is 5.95 Å². The molecular weight excluding hydrogens is 441 g/mol. The van der Waals surface area contributed by atoms with Crippen molar-refractivity contribution in [2.75, 3.05) is 12.4 Å². The van der Waals surface area contributed by atoms with Crippen molar-refractivity contribution in [2.24, 2.45) is 0 Å².